The number of hydrogen-bond acceptors (Lipinski definition) is 4. The highest BCUT2D eigenvalue weighted by atomic mass is 16.5. The second kappa shape index (κ2) is 13.6. The van der Waals surface area contributed by atoms with E-state index in [-0.39, 0.29) is 11.3 Å². The Labute approximate surface area is 215 Å². The summed E-state index contributed by atoms with van der Waals surface area (Å²) in [6.07, 6.45) is 8.11. The van der Waals surface area contributed by atoms with Gasteiger partial charge in [-0.15, -0.1) is 0 Å². The van der Waals surface area contributed by atoms with E-state index in [2.05, 4.69) is 33.8 Å². The first-order chi connectivity index (χ1) is 17.4. The number of rotatable bonds is 13. The van der Waals surface area contributed by atoms with Gasteiger partial charge in [-0.3, -0.25) is 4.79 Å². The van der Waals surface area contributed by atoms with Gasteiger partial charge in [-0.25, -0.2) is 0 Å². The minimum atomic E-state index is -0.177. The fourth-order valence-electron chi connectivity index (χ4n) is 4.03. The van der Waals surface area contributed by atoms with Crippen LogP contribution in [0.3, 0.4) is 0 Å². The third-order valence-corrected chi connectivity index (χ3v) is 6.09. The molecule has 2 aromatic carbocycles. The van der Waals surface area contributed by atoms with Crippen LogP contribution in [0.25, 0.3) is 10.9 Å². The van der Waals surface area contributed by atoms with Gasteiger partial charge in [-0.2, -0.15) is 0 Å². The van der Waals surface area contributed by atoms with E-state index in [4.69, 9.17) is 14.2 Å². The molecule has 3 rings (SSSR count). The van der Waals surface area contributed by atoms with Crippen LogP contribution >= 0.6 is 0 Å². The molecule has 0 unspecified atom stereocenters. The number of aryl methyl sites for hydroxylation is 1. The van der Waals surface area contributed by atoms with Gasteiger partial charge < -0.3 is 18.8 Å². The molecule has 0 spiro atoms. The van der Waals surface area contributed by atoms with Gasteiger partial charge in [0, 0.05) is 18.0 Å². The topological polar surface area (TPSA) is 49.7 Å². The molecule has 0 fully saturated rings. The van der Waals surface area contributed by atoms with Crippen LogP contribution in [-0.2, 0) is 13.2 Å². The summed E-state index contributed by atoms with van der Waals surface area (Å²) in [5.41, 5.74) is 4.26. The number of ether oxygens (including phenoxy) is 3. The van der Waals surface area contributed by atoms with E-state index >= 15 is 0 Å². The average molecular weight is 490 g/mol. The van der Waals surface area contributed by atoms with E-state index in [1.165, 1.54) is 11.1 Å². The predicted octanol–water partition coefficient (Wildman–Crippen LogP) is 7.46. The lowest BCUT2D eigenvalue weighted by Crippen LogP contribution is -2.24. The number of benzene rings is 2. The van der Waals surface area contributed by atoms with Crippen molar-refractivity contribution >= 4 is 10.9 Å². The molecule has 0 N–H and O–H groups in total. The molecule has 0 aliphatic rings. The first kappa shape index (κ1) is 27.1. The molecular weight excluding hydrogens is 450 g/mol. The van der Waals surface area contributed by atoms with Gasteiger partial charge in [-0.1, -0.05) is 60.9 Å². The lowest BCUT2D eigenvalue weighted by atomic mass is 10.1. The molecule has 1 aromatic heterocycles. The Morgan fingerprint density at radius 2 is 1.75 bits per heavy atom. The summed E-state index contributed by atoms with van der Waals surface area (Å²) in [6.45, 7) is 9.81. The van der Waals surface area contributed by atoms with Crippen LogP contribution in [-0.4, -0.2) is 18.3 Å². The van der Waals surface area contributed by atoms with Crippen molar-refractivity contribution in [3.05, 3.63) is 87.7 Å². The van der Waals surface area contributed by atoms with Gasteiger partial charge in [-0.05, 0) is 63.8 Å². The number of nitrogens with zero attached hydrogens (tertiary/aromatic N) is 1. The lowest BCUT2D eigenvalue weighted by Gasteiger charge is -2.18. The van der Waals surface area contributed by atoms with E-state index in [9.17, 15) is 4.79 Å². The zero-order chi connectivity index (χ0) is 25.9. The standard InChI is InChI=1S/C31H39NO4/c1-6-7-19-32-28-21-26(36-22-25-14-9-8-10-15-25)16-17-27(28)29(34-5)30(31(32)33)35-20-18-24(4)13-11-12-23(2)3/h8-10,12,14-18,21H,6-7,11,13,19-20,22H2,1-5H3/b24-18+. The molecule has 0 aliphatic carbocycles. The maximum absolute atomic E-state index is 13.6. The highest BCUT2D eigenvalue weighted by molar-refractivity contribution is 5.89. The average Bonchev–Trinajstić information content (AvgIpc) is 2.87. The Kier molecular flexibility index (Phi) is 10.2. The van der Waals surface area contributed by atoms with Crippen LogP contribution in [0.5, 0.6) is 17.2 Å². The number of pyridine rings is 1. The number of hydrogen-bond donors (Lipinski definition) is 0. The number of aromatic nitrogens is 1. The highest BCUT2D eigenvalue weighted by Gasteiger charge is 2.19. The molecule has 5 heteroatoms. The minimum Gasteiger partial charge on any atom is -0.492 e. The Bertz CT molecular complexity index is 1250. The van der Waals surface area contributed by atoms with Crippen LogP contribution in [0, 0.1) is 0 Å². The first-order valence-electron chi connectivity index (χ1n) is 12.8. The van der Waals surface area contributed by atoms with E-state index < -0.39 is 0 Å². The fraction of sp³-hybridized carbons (Fsp3) is 0.387. The van der Waals surface area contributed by atoms with Crippen molar-refractivity contribution in [2.45, 2.75) is 66.5 Å². The van der Waals surface area contributed by atoms with Crippen LogP contribution < -0.4 is 19.8 Å². The number of methoxy groups -OCH3 is 1. The highest BCUT2D eigenvalue weighted by Crippen LogP contribution is 2.35. The van der Waals surface area contributed by atoms with Gasteiger partial charge in [0.05, 0.1) is 12.6 Å². The molecule has 3 aromatic rings. The summed E-state index contributed by atoms with van der Waals surface area (Å²) in [4.78, 5) is 13.6. The lowest BCUT2D eigenvalue weighted by molar-refractivity contribution is 0.306. The second-order valence-electron chi connectivity index (χ2n) is 9.31. The maximum Gasteiger partial charge on any atom is 0.297 e. The Morgan fingerprint density at radius 1 is 0.972 bits per heavy atom. The van der Waals surface area contributed by atoms with Crippen LogP contribution in [0.1, 0.15) is 58.9 Å². The Balaban J connectivity index is 1.91. The van der Waals surface area contributed by atoms with Gasteiger partial charge in [0.2, 0.25) is 5.75 Å². The molecule has 0 aliphatic heterocycles. The summed E-state index contributed by atoms with van der Waals surface area (Å²) in [7, 11) is 1.58. The maximum atomic E-state index is 13.6. The van der Waals surface area contributed by atoms with Gasteiger partial charge >= 0.3 is 0 Å². The van der Waals surface area contributed by atoms with E-state index in [0.29, 0.717) is 31.3 Å². The molecule has 0 saturated carbocycles. The minimum absolute atomic E-state index is 0.177. The summed E-state index contributed by atoms with van der Waals surface area (Å²) in [6, 6.07) is 15.8. The third-order valence-electron chi connectivity index (χ3n) is 6.09. The zero-order valence-electron chi connectivity index (χ0n) is 22.3. The van der Waals surface area contributed by atoms with Crippen molar-refractivity contribution in [3.8, 4) is 17.2 Å². The summed E-state index contributed by atoms with van der Waals surface area (Å²) < 4.78 is 19.6. The van der Waals surface area contributed by atoms with E-state index in [0.717, 1.165) is 42.1 Å². The Hall–Kier alpha value is -3.47. The number of unbranched alkanes of at least 4 members (excludes halogenated alkanes) is 1. The molecule has 192 valence electrons. The molecular formula is C31H39NO4. The van der Waals surface area contributed by atoms with Crippen molar-refractivity contribution in [1.29, 1.82) is 0 Å². The van der Waals surface area contributed by atoms with Crippen molar-refractivity contribution < 1.29 is 14.2 Å². The first-order valence-corrected chi connectivity index (χ1v) is 12.8. The van der Waals surface area contributed by atoms with E-state index in [1.54, 1.807) is 11.7 Å². The SMILES string of the molecule is CCCCn1c(=O)c(OC/C=C(\C)CCC=C(C)C)c(OC)c2ccc(OCc3ccccc3)cc21. The molecule has 0 bridgehead atoms. The molecule has 0 atom stereocenters. The second-order valence-corrected chi connectivity index (χ2v) is 9.31. The largest absolute Gasteiger partial charge is 0.492 e. The van der Waals surface area contributed by atoms with Crippen molar-refractivity contribution in [2.75, 3.05) is 13.7 Å². The van der Waals surface area contributed by atoms with Gasteiger partial charge in [0.15, 0.2) is 5.75 Å². The van der Waals surface area contributed by atoms with Gasteiger partial charge in [0.1, 0.15) is 19.0 Å². The summed E-state index contributed by atoms with van der Waals surface area (Å²) in [5.74, 6) is 1.43. The number of fused-ring (bicyclic) bond motifs is 1. The summed E-state index contributed by atoms with van der Waals surface area (Å²) in [5, 5.41) is 0.833. The van der Waals surface area contributed by atoms with Crippen LogP contribution in [0.4, 0.5) is 0 Å². The molecule has 36 heavy (non-hydrogen) atoms. The van der Waals surface area contributed by atoms with Crippen molar-refractivity contribution in [2.24, 2.45) is 0 Å². The fourth-order valence-corrected chi connectivity index (χ4v) is 4.03. The quantitative estimate of drug-likeness (QED) is 0.234. The summed E-state index contributed by atoms with van der Waals surface area (Å²) >= 11 is 0. The van der Waals surface area contributed by atoms with E-state index in [1.807, 2.05) is 54.6 Å². The molecule has 0 amide bonds. The van der Waals surface area contributed by atoms with Crippen molar-refractivity contribution in [3.63, 3.8) is 0 Å². The predicted molar refractivity (Wildman–Crippen MR) is 148 cm³/mol. The third kappa shape index (κ3) is 7.27. The van der Waals surface area contributed by atoms with Gasteiger partial charge in [0.25, 0.3) is 5.56 Å². The smallest absolute Gasteiger partial charge is 0.297 e. The molecule has 5 nitrogen and oxygen atoms in total. The molecule has 1 heterocycles. The molecule has 0 radical (unpaired) electrons. The zero-order valence-corrected chi connectivity index (χ0v) is 22.3. The van der Waals surface area contributed by atoms with Crippen LogP contribution in [0.2, 0.25) is 0 Å². The Morgan fingerprint density at radius 3 is 2.44 bits per heavy atom. The van der Waals surface area contributed by atoms with Crippen molar-refractivity contribution in [1.82, 2.24) is 4.57 Å². The normalized spacial score (nSPS) is 11.4. The number of allylic oxidation sites excluding steroid dienone is 3. The van der Waals surface area contributed by atoms with Crippen LogP contribution in [0.15, 0.2) is 76.6 Å². The molecule has 0 saturated heterocycles. The monoisotopic (exact) mass is 489 g/mol.